The number of likely N-dealkylation sites (tertiary alicyclic amines) is 1. The first kappa shape index (κ1) is 14.8. The van der Waals surface area contributed by atoms with E-state index in [0.29, 0.717) is 5.92 Å². The number of amides is 2. The summed E-state index contributed by atoms with van der Waals surface area (Å²) in [6.07, 6.45) is 4.83. The van der Waals surface area contributed by atoms with Crippen molar-refractivity contribution in [3.8, 4) is 0 Å². The minimum absolute atomic E-state index is 0.173. The van der Waals surface area contributed by atoms with E-state index >= 15 is 0 Å². The van der Waals surface area contributed by atoms with E-state index in [4.69, 9.17) is 0 Å². The second-order valence-electron chi connectivity index (χ2n) is 6.87. The van der Waals surface area contributed by atoms with E-state index in [-0.39, 0.29) is 23.9 Å². The van der Waals surface area contributed by atoms with Gasteiger partial charge in [0, 0.05) is 19.6 Å². The molecular weight excluding hydrogens is 266 g/mol. The molecule has 3 aliphatic heterocycles. The fourth-order valence-corrected chi connectivity index (χ4v) is 4.19. The third kappa shape index (κ3) is 2.68. The van der Waals surface area contributed by atoms with Crippen molar-refractivity contribution in [2.45, 2.75) is 51.1 Å². The Kier molecular flexibility index (Phi) is 4.20. The minimum Gasteiger partial charge on any atom is -0.329 e. The Balaban J connectivity index is 1.76. The lowest BCUT2D eigenvalue weighted by atomic mass is 9.93. The maximum absolute atomic E-state index is 12.9. The van der Waals surface area contributed by atoms with E-state index in [9.17, 15) is 9.59 Å². The van der Waals surface area contributed by atoms with Crippen LogP contribution in [0.1, 0.15) is 39.0 Å². The molecule has 0 spiro atoms. The number of piperazine rings is 1. The number of hydrogen-bond acceptors (Lipinski definition) is 3. The summed E-state index contributed by atoms with van der Waals surface area (Å²) in [5.41, 5.74) is 0. The van der Waals surface area contributed by atoms with Gasteiger partial charge in [0.1, 0.15) is 12.1 Å². The number of carbonyl (C=O) groups excluding carboxylic acids is 2. The van der Waals surface area contributed by atoms with Crippen molar-refractivity contribution in [2.24, 2.45) is 5.92 Å². The predicted molar refractivity (Wildman–Crippen MR) is 80.7 cm³/mol. The lowest BCUT2D eigenvalue weighted by molar-refractivity contribution is -0.164. The second-order valence-corrected chi connectivity index (χ2v) is 6.87. The van der Waals surface area contributed by atoms with Gasteiger partial charge in [-0.05, 0) is 51.6 Å². The number of piperidine rings is 1. The Morgan fingerprint density at radius 2 is 1.90 bits per heavy atom. The molecule has 3 unspecified atom stereocenters. The smallest absolute Gasteiger partial charge is 0.246 e. The highest BCUT2D eigenvalue weighted by molar-refractivity contribution is 5.97. The molecule has 0 aromatic heterocycles. The second kappa shape index (κ2) is 5.95. The summed E-state index contributed by atoms with van der Waals surface area (Å²) in [7, 11) is 2.13. The zero-order valence-electron chi connectivity index (χ0n) is 13.3. The van der Waals surface area contributed by atoms with Crippen LogP contribution in [0.4, 0.5) is 0 Å². The number of nitrogens with zero attached hydrogens (tertiary/aromatic N) is 3. The van der Waals surface area contributed by atoms with E-state index in [1.54, 1.807) is 0 Å². The summed E-state index contributed by atoms with van der Waals surface area (Å²) in [4.78, 5) is 31.7. The van der Waals surface area contributed by atoms with Gasteiger partial charge in [0.2, 0.25) is 11.8 Å². The Hall–Kier alpha value is -1.10. The van der Waals surface area contributed by atoms with E-state index in [2.05, 4.69) is 11.9 Å². The molecule has 3 rings (SSSR count). The third-order valence-corrected chi connectivity index (χ3v) is 5.35. The van der Waals surface area contributed by atoms with Gasteiger partial charge in [-0.3, -0.25) is 9.59 Å². The van der Waals surface area contributed by atoms with Gasteiger partial charge in [0.05, 0.1) is 0 Å². The van der Waals surface area contributed by atoms with Crippen molar-refractivity contribution in [1.29, 1.82) is 0 Å². The summed E-state index contributed by atoms with van der Waals surface area (Å²) in [5, 5.41) is 0. The summed E-state index contributed by atoms with van der Waals surface area (Å²) in [6.45, 7) is 5.70. The molecule has 3 saturated heterocycles. The van der Waals surface area contributed by atoms with Gasteiger partial charge >= 0.3 is 0 Å². The van der Waals surface area contributed by atoms with Crippen molar-refractivity contribution in [1.82, 2.24) is 14.7 Å². The van der Waals surface area contributed by atoms with Gasteiger partial charge in [-0.25, -0.2) is 0 Å². The SMILES string of the molecule is CCC1C(=O)N2CCCCC2C(=O)N1CC1CCN(C)C1. The highest BCUT2D eigenvalue weighted by atomic mass is 16.2. The lowest BCUT2D eigenvalue weighted by Gasteiger charge is -2.47. The van der Waals surface area contributed by atoms with Crippen molar-refractivity contribution >= 4 is 11.8 Å². The van der Waals surface area contributed by atoms with E-state index < -0.39 is 0 Å². The molecule has 0 saturated carbocycles. The van der Waals surface area contributed by atoms with Gasteiger partial charge in [0.25, 0.3) is 0 Å². The van der Waals surface area contributed by atoms with Crippen LogP contribution in [0.5, 0.6) is 0 Å². The van der Waals surface area contributed by atoms with Crippen LogP contribution >= 0.6 is 0 Å². The summed E-state index contributed by atoms with van der Waals surface area (Å²) >= 11 is 0. The largest absolute Gasteiger partial charge is 0.329 e. The average Bonchev–Trinajstić information content (AvgIpc) is 2.90. The number of hydrogen-bond donors (Lipinski definition) is 0. The first-order chi connectivity index (χ1) is 10.1. The Morgan fingerprint density at radius 3 is 2.57 bits per heavy atom. The van der Waals surface area contributed by atoms with E-state index in [1.165, 1.54) is 0 Å². The molecule has 0 aromatic carbocycles. The Labute approximate surface area is 127 Å². The average molecular weight is 293 g/mol. The molecule has 5 nitrogen and oxygen atoms in total. The quantitative estimate of drug-likeness (QED) is 0.778. The molecule has 3 heterocycles. The van der Waals surface area contributed by atoms with Crippen LogP contribution in [-0.2, 0) is 9.59 Å². The van der Waals surface area contributed by atoms with Crippen molar-refractivity contribution < 1.29 is 9.59 Å². The van der Waals surface area contributed by atoms with Gasteiger partial charge in [-0.15, -0.1) is 0 Å². The summed E-state index contributed by atoms with van der Waals surface area (Å²) in [5.74, 6) is 0.916. The maximum Gasteiger partial charge on any atom is 0.246 e. The van der Waals surface area contributed by atoms with Crippen LogP contribution in [0, 0.1) is 5.92 Å². The molecule has 0 aliphatic carbocycles. The molecule has 3 aliphatic rings. The Morgan fingerprint density at radius 1 is 1.10 bits per heavy atom. The molecule has 0 radical (unpaired) electrons. The van der Waals surface area contributed by atoms with Gasteiger partial charge in [-0.1, -0.05) is 6.92 Å². The number of carbonyl (C=O) groups is 2. The fourth-order valence-electron chi connectivity index (χ4n) is 4.19. The third-order valence-electron chi connectivity index (χ3n) is 5.35. The molecule has 0 N–H and O–H groups in total. The highest BCUT2D eigenvalue weighted by Gasteiger charge is 2.46. The monoisotopic (exact) mass is 293 g/mol. The molecule has 3 fully saturated rings. The van der Waals surface area contributed by atoms with E-state index in [1.807, 2.05) is 16.7 Å². The molecule has 2 amide bonds. The molecule has 3 atom stereocenters. The van der Waals surface area contributed by atoms with E-state index in [0.717, 1.165) is 58.3 Å². The molecular formula is C16H27N3O2. The standard InChI is InChI=1S/C16H27N3O2/c1-3-13-15(20)18-8-5-4-6-14(18)16(21)19(13)11-12-7-9-17(2)10-12/h12-14H,3-11H2,1-2H3. The molecule has 0 bridgehead atoms. The van der Waals surface area contributed by atoms with Crippen LogP contribution in [0.3, 0.4) is 0 Å². The van der Waals surface area contributed by atoms with Crippen LogP contribution in [0.25, 0.3) is 0 Å². The van der Waals surface area contributed by atoms with Gasteiger partial charge in [-0.2, -0.15) is 0 Å². The zero-order chi connectivity index (χ0) is 15.0. The number of rotatable bonds is 3. The van der Waals surface area contributed by atoms with Gasteiger partial charge in [0.15, 0.2) is 0 Å². The molecule has 118 valence electrons. The fraction of sp³-hybridized carbons (Fsp3) is 0.875. The highest BCUT2D eigenvalue weighted by Crippen LogP contribution is 2.29. The summed E-state index contributed by atoms with van der Waals surface area (Å²) < 4.78 is 0. The van der Waals surface area contributed by atoms with Crippen molar-refractivity contribution in [3.63, 3.8) is 0 Å². The van der Waals surface area contributed by atoms with Crippen molar-refractivity contribution in [2.75, 3.05) is 33.2 Å². The van der Waals surface area contributed by atoms with Crippen LogP contribution < -0.4 is 0 Å². The maximum atomic E-state index is 12.9. The first-order valence-electron chi connectivity index (χ1n) is 8.41. The molecule has 0 aromatic rings. The van der Waals surface area contributed by atoms with Crippen LogP contribution in [0.15, 0.2) is 0 Å². The lowest BCUT2D eigenvalue weighted by Crippen LogP contribution is -2.66. The zero-order valence-corrected chi connectivity index (χ0v) is 13.3. The molecule has 21 heavy (non-hydrogen) atoms. The Bertz CT molecular complexity index is 426. The minimum atomic E-state index is -0.224. The molecule has 5 heteroatoms. The van der Waals surface area contributed by atoms with Gasteiger partial charge < -0.3 is 14.7 Å². The first-order valence-corrected chi connectivity index (χ1v) is 8.41. The summed E-state index contributed by atoms with van der Waals surface area (Å²) in [6, 6.07) is -0.397. The topological polar surface area (TPSA) is 43.9 Å². The normalized spacial score (nSPS) is 34.5. The van der Waals surface area contributed by atoms with Crippen LogP contribution in [0.2, 0.25) is 0 Å². The number of fused-ring (bicyclic) bond motifs is 1. The van der Waals surface area contributed by atoms with Crippen LogP contribution in [-0.4, -0.2) is 71.8 Å². The predicted octanol–water partition coefficient (Wildman–Crippen LogP) is 0.940. The van der Waals surface area contributed by atoms with Crippen molar-refractivity contribution in [3.05, 3.63) is 0 Å².